The van der Waals surface area contributed by atoms with E-state index in [1.54, 1.807) is 24.3 Å². The van der Waals surface area contributed by atoms with Crippen LogP contribution in [0.3, 0.4) is 0 Å². The number of ether oxygens (including phenoxy) is 1. The fraction of sp³-hybridized carbons (Fsp3) is 0.286. The molecule has 1 heterocycles. The largest absolute Gasteiger partial charge is 0.494 e. The molecular formula is C21H23N3O3. The predicted molar refractivity (Wildman–Crippen MR) is 104 cm³/mol. The lowest BCUT2D eigenvalue weighted by molar-refractivity contribution is 0.102. The topological polar surface area (TPSA) is 77.2 Å². The van der Waals surface area contributed by atoms with Gasteiger partial charge in [0.05, 0.1) is 6.61 Å². The van der Waals surface area contributed by atoms with Gasteiger partial charge < -0.3 is 10.1 Å². The van der Waals surface area contributed by atoms with Gasteiger partial charge in [0.15, 0.2) is 5.69 Å². The van der Waals surface area contributed by atoms with Gasteiger partial charge in [-0.1, -0.05) is 25.5 Å². The van der Waals surface area contributed by atoms with E-state index in [1.165, 1.54) is 5.56 Å². The van der Waals surface area contributed by atoms with Crippen LogP contribution in [0.5, 0.6) is 5.75 Å². The number of benzene rings is 2. The minimum absolute atomic E-state index is 0.282. The maximum Gasteiger partial charge on any atom is 0.256 e. The van der Waals surface area contributed by atoms with Crippen LogP contribution < -0.4 is 10.1 Å². The van der Waals surface area contributed by atoms with Crippen LogP contribution in [-0.4, -0.2) is 22.8 Å². The summed E-state index contributed by atoms with van der Waals surface area (Å²) < 4.78 is 10.5. The highest BCUT2D eigenvalue weighted by Gasteiger charge is 2.16. The number of amides is 1. The molecule has 0 unspecified atom stereocenters. The predicted octanol–water partition coefficient (Wildman–Crippen LogP) is 4.78. The standard InChI is InChI=1S/C21H23N3O3/c1-4-5-12-26-18-10-8-16(9-11-18)21(25)22-20-19(23-27-24-20)17-7-6-14(2)15(3)13-17/h6-11,13H,4-5,12H2,1-3H3,(H,22,24,25). The smallest absolute Gasteiger partial charge is 0.256 e. The summed E-state index contributed by atoms with van der Waals surface area (Å²) in [5, 5.41) is 10.5. The fourth-order valence-corrected chi connectivity index (χ4v) is 2.57. The summed E-state index contributed by atoms with van der Waals surface area (Å²) in [4.78, 5) is 12.5. The number of nitrogens with one attached hydrogen (secondary N) is 1. The van der Waals surface area contributed by atoms with Crippen molar-refractivity contribution in [3.05, 3.63) is 59.2 Å². The highest BCUT2D eigenvalue weighted by molar-refractivity contribution is 6.05. The number of anilines is 1. The van der Waals surface area contributed by atoms with E-state index in [2.05, 4.69) is 22.6 Å². The van der Waals surface area contributed by atoms with Gasteiger partial charge in [-0.25, -0.2) is 4.63 Å². The first-order valence-corrected chi connectivity index (χ1v) is 9.03. The molecule has 0 atom stereocenters. The molecule has 0 bridgehead atoms. The molecule has 0 saturated heterocycles. The molecule has 6 nitrogen and oxygen atoms in total. The van der Waals surface area contributed by atoms with Gasteiger partial charge in [-0.2, -0.15) is 0 Å². The molecule has 0 aliphatic rings. The highest BCUT2D eigenvalue weighted by atomic mass is 16.6. The van der Waals surface area contributed by atoms with Crippen LogP contribution in [0, 0.1) is 13.8 Å². The monoisotopic (exact) mass is 365 g/mol. The number of hydrogen-bond donors (Lipinski definition) is 1. The third-order valence-corrected chi connectivity index (χ3v) is 4.38. The van der Waals surface area contributed by atoms with Crippen LogP contribution >= 0.6 is 0 Å². The number of unbranched alkanes of at least 4 members (excludes halogenated alkanes) is 1. The Labute approximate surface area is 158 Å². The molecule has 140 valence electrons. The maximum atomic E-state index is 12.5. The highest BCUT2D eigenvalue weighted by Crippen LogP contribution is 2.26. The Kier molecular flexibility index (Phi) is 5.86. The SMILES string of the molecule is CCCCOc1ccc(C(=O)Nc2nonc2-c2ccc(C)c(C)c2)cc1. The van der Waals surface area contributed by atoms with Gasteiger partial charge in [0, 0.05) is 11.1 Å². The van der Waals surface area contributed by atoms with Gasteiger partial charge in [0.25, 0.3) is 5.91 Å². The van der Waals surface area contributed by atoms with E-state index in [0.29, 0.717) is 23.7 Å². The van der Waals surface area contributed by atoms with E-state index in [1.807, 2.05) is 32.0 Å². The average molecular weight is 365 g/mol. The second-order valence-electron chi connectivity index (χ2n) is 6.44. The molecule has 3 rings (SSSR count). The van der Waals surface area contributed by atoms with E-state index < -0.39 is 0 Å². The molecule has 2 aromatic carbocycles. The summed E-state index contributed by atoms with van der Waals surface area (Å²) in [7, 11) is 0. The molecular weight excluding hydrogens is 342 g/mol. The van der Waals surface area contributed by atoms with Crippen molar-refractivity contribution in [2.24, 2.45) is 0 Å². The number of nitrogens with zero attached hydrogens (tertiary/aromatic N) is 2. The number of rotatable bonds is 7. The quantitative estimate of drug-likeness (QED) is 0.609. The molecule has 0 fully saturated rings. The summed E-state index contributed by atoms with van der Waals surface area (Å²) in [5.41, 5.74) is 4.17. The van der Waals surface area contributed by atoms with Gasteiger partial charge in [-0.05, 0) is 72.0 Å². The van der Waals surface area contributed by atoms with Gasteiger partial charge in [0.2, 0.25) is 5.82 Å². The lowest BCUT2D eigenvalue weighted by atomic mass is 10.0. The van der Waals surface area contributed by atoms with Crippen molar-refractivity contribution in [1.82, 2.24) is 10.3 Å². The molecule has 1 amide bonds. The molecule has 0 radical (unpaired) electrons. The molecule has 3 aromatic rings. The molecule has 0 aliphatic heterocycles. The molecule has 0 aliphatic carbocycles. The van der Waals surface area contributed by atoms with Crippen LogP contribution in [0.1, 0.15) is 41.3 Å². The second-order valence-corrected chi connectivity index (χ2v) is 6.44. The van der Waals surface area contributed by atoms with E-state index in [-0.39, 0.29) is 5.91 Å². The average Bonchev–Trinajstić information content (AvgIpc) is 3.13. The van der Waals surface area contributed by atoms with Gasteiger partial charge in [-0.15, -0.1) is 0 Å². The number of aromatic nitrogens is 2. The minimum Gasteiger partial charge on any atom is -0.494 e. The number of carbonyl (C=O) groups is 1. The lowest BCUT2D eigenvalue weighted by Crippen LogP contribution is -2.12. The molecule has 1 N–H and O–H groups in total. The van der Waals surface area contributed by atoms with Crippen molar-refractivity contribution in [1.29, 1.82) is 0 Å². The van der Waals surface area contributed by atoms with Gasteiger partial charge >= 0.3 is 0 Å². The van der Waals surface area contributed by atoms with Gasteiger partial charge in [0.1, 0.15) is 5.75 Å². The molecule has 6 heteroatoms. The summed E-state index contributed by atoms with van der Waals surface area (Å²) in [6.07, 6.45) is 2.08. The molecule has 1 aromatic heterocycles. The first-order chi connectivity index (χ1) is 13.1. The molecule has 0 saturated carbocycles. The van der Waals surface area contributed by atoms with Crippen LogP contribution in [0.4, 0.5) is 5.82 Å². The van der Waals surface area contributed by atoms with E-state index >= 15 is 0 Å². The zero-order valence-corrected chi connectivity index (χ0v) is 15.8. The first-order valence-electron chi connectivity index (χ1n) is 9.03. The summed E-state index contributed by atoms with van der Waals surface area (Å²) in [6, 6.07) is 12.9. The Morgan fingerprint density at radius 2 is 1.85 bits per heavy atom. The fourth-order valence-electron chi connectivity index (χ4n) is 2.57. The van der Waals surface area contributed by atoms with Crippen LogP contribution in [0.25, 0.3) is 11.3 Å². The van der Waals surface area contributed by atoms with Crippen molar-refractivity contribution in [3.8, 4) is 17.0 Å². The zero-order chi connectivity index (χ0) is 19.2. The third kappa shape index (κ3) is 4.53. The van der Waals surface area contributed by atoms with Crippen molar-refractivity contribution < 1.29 is 14.2 Å². The molecule has 0 spiro atoms. The normalized spacial score (nSPS) is 10.6. The lowest BCUT2D eigenvalue weighted by Gasteiger charge is -2.07. The van der Waals surface area contributed by atoms with E-state index in [9.17, 15) is 4.79 Å². The summed E-state index contributed by atoms with van der Waals surface area (Å²) >= 11 is 0. The minimum atomic E-state index is -0.282. The summed E-state index contributed by atoms with van der Waals surface area (Å²) in [6.45, 7) is 6.85. The van der Waals surface area contributed by atoms with Crippen LogP contribution in [0.15, 0.2) is 47.1 Å². The number of carbonyl (C=O) groups excluding carboxylic acids is 1. The maximum absolute atomic E-state index is 12.5. The van der Waals surface area contributed by atoms with Gasteiger partial charge in [-0.3, -0.25) is 4.79 Å². The number of aryl methyl sites for hydroxylation is 2. The Balaban J connectivity index is 1.71. The Morgan fingerprint density at radius 1 is 1.07 bits per heavy atom. The Bertz CT molecular complexity index is 917. The molecule has 27 heavy (non-hydrogen) atoms. The van der Waals surface area contributed by atoms with Crippen molar-refractivity contribution in [3.63, 3.8) is 0 Å². The van der Waals surface area contributed by atoms with Crippen LogP contribution in [0.2, 0.25) is 0 Å². The summed E-state index contributed by atoms with van der Waals surface area (Å²) in [5.74, 6) is 0.765. The Hall–Kier alpha value is -3.15. The van der Waals surface area contributed by atoms with Crippen molar-refractivity contribution >= 4 is 11.7 Å². The Morgan fingerprint density at radius 3 is 2.56 bits per heavy atom. The third-order valence-electron chi connectivity index (χ3n) is 4.38. The first kappa shape index (κ1) is 18.6. The second kappa shape index (κ2) is 8.49. The van der Waals surface area contributed by atoms with Crippen LogP contribution in [-0.2, 0) is 0 Å². The van der Waals surface area contributed by atoms with E-state index in [4.69, 9.17) is 9.37 Å². The van der Waals surface area contributed by atoms with Crippen molar-refractivity contribution in [2.75, 3.05) is 11.9 Å². The van der Waals surface area contributed by atoms with E-state index in [0.717, 1.165) is 29.7 Å². The number of hydrogen-bond acceptors (Lipinski definition) is 5. The zero-order valence-electron chi connectivity index (χ0n) is 15.8. The van der Waals surface area contributed by atoms with Crippen molar-refractivity contribution in [2.45, 2.75) is 33.6 Å².